The van der Waals surface area contributed by atoms with Crippen LogP contribution in [0.4, 0.5) is 0 Å². The lowest BCUT2D eigenvalue weighted by molar-refractivity contribution is -0.161. The van der Waals surface area contributed by atoms with E-state index in [1.54, 1.807) is 0 Å². The quantitative estimate of drug-likeness (QED) is 0.425. The third kappa shape index (κ3) is 2.73. The first-order valence-corrected chi connectivity index (χ1v) is 14.2. The molecule has 182 valence electrons. The van der Waals surface area contributed by atoms with E-state index in [-0.39, 0.29) is 11.5 Å². The third-order valence-corrected chi connectivity index (χ3v) is 13.7. The number of allylic oxidation sites excluding steroid dienone is 1. The van der Waals surface area contributed by atoms with Crippen molar-refractivity contribution in [1.82, 2.24) is 0 Å². The van der Waals surface area contributed by atoms with Gasteiger partial charge >= 0.3 is 0 Å². The van der Waals surface area contributed by atoms with Crippen molar-refractivity contribution in [3.63, 3.8) is 0 Å². The summed E-state index contributed by atoms with van der Waals surface area (Å²) in [4.78, 5) is 0. The molecule has 5 aliphatic rings. The summed E-state index contributed by atoms with van der Waals surface area (Å²) in [5, 5.41) is 10.9. The summed E-state index contributed by atoms with van der Waals surface area (Å²) in [6, 6.07) is 0. The first-order valence-electron chi connectivity index (χ1n) is 14.2. The zero-order chi connectivity index (χ0) is 23.3. The fourth-order valence-electron chi connectivity index (χ4n) is 11.3. The molecule has 0 heterocycles. The minimum atomic E-state index is -0.0879. The van der Waals surface area contributed by atoms with E-state index in [9.17, 15) is 5.11 Å². The van der Waals surface area contributed by atoms with E-state index < -0.39 is 0 Å². The Balaban J connectivity index is 1.39. The molecule has 5 saturated carbocycles. The molecule has 10 atom stereocenters. The lowest BCUT2D eigenvalue weighted by Crippen LogP contribution is -2.57. The van der Waals surface area contributed by atoms with Crippen LogP contribution in [0, 0.1) is 56.7 Å². The maximum absolute atomic E-state index is 10.9. The van der Waals surface area contributed by atoms with Crippen LogP contribution < -0.4 is 0 Å². The van der Waals surface area contributed by atoms with Crippen molar-refractivity contribution in [2.45, 2.75) is 125 Å². The molecule has 5 aliphatic carbocycles. The Bertz CT molecular complexity index is 781. The summed E-state index contributed by atoms with van der Waals surface area (Å²) in [5.74, 6) is 4.09. The van der Waals surface area contributed by atoms with Crippen LogP contribution in [0.5, 0.6) is 0 Å². The molecule has 0 bridgehead atoms. The normalized spacial score (nSPS) is 52.8. The lowest BCUT2D eigenvalue weighted by atomic mass is 9.41. The molecule has 1 N–H and O–H groups in total. The van der Waals surface area contributed by atoms with Crippen LogP contribution in [0.15, 0.2) is 12.2 Å². The first kappa shape index (κ1) is 23.4. The number of rotatable bonds is 5. The first-order chi connectivity index (χ1) is 14.9. The average molecular weight is 441 g/mol. The molecule has 0 aliphatic heterocycles. The van der Waals surface area contributed by atoms with Crippen LogP contribution >= 0.6 is 0 Å². The maximum Gasteiger partial charge on any atom is 0.0594 e. The highest BCUT2D eigenvalue weighted by Gasteiger charge is 2.82. The molecule has 5 rings (SSSR count). The Morgan fingerprint density at radius 3 is 2.19 bits per heavy atom. The van der Waals surface area contributed by atoms with Gasteiger partial charge in [0, 0.05) is 0 Å². The largest absolute Gasteiger partial charge is 0.393 e. The van der Waals surface area contributed by atoms with Gasteiger partial charge in [-0.3, -0.25) is 0 Å². The smallest absolute Gasteiger partial charge is 0.0594 e. The van der Waals surface area contributed by atoms with Crippen molar-refractivity contribution < 1.29 is 5.11 Å². The van der Waals surface area contributed by atoms with Gasteiger partial charge in [0.05, 0.1) is 6.10 Å². The van der Waals surface area contributed by atoms with Gasteiger partial charge in [0.1, 0.15) is 0 Å². The van der Waals surface area contributed by atoms with Crippen molar-refractivity contribution in [2.75, 3.05) is 0 Å². The van der Waals surface area contributed by atoms with Crippen molar-refractivity contribution in [2.24, 2.45) is 56.7 Å². The van der Waals surface area contributed by atoms with E-state index in [4.69, 9.17) is 0 Å². The zero-order valence-corrected chi connectivity index (χ0v) is 22.4. The van der Waals surface area contributed by atoms with Gasteiger partial charge in [0.2, 0.25) is 0 Å². The van der Waals surface area contributed by atoms with Gasteiger partial charge in [-0.1, -0.05) is 53.7 Å². The molecule has 0 aromatic rings. The molecule has 0 saturated heterocycles. The van der Waals surface area contributed by atoms with Crippen LogP contribution in [-0.4, -0.2) is 11.2 Å². The molecule has 2 spiro atoms. The minimum Gasteiger partial charge on any atom is -0.393 e. The van der Waals surface area contributed by atoms with Crippen LogP contribution in [0.2, 0.25) is 0 Å². The van der Waals surface area contributed by atoms with Gasteiger partial charge in [-0.05, 0) is 134 Å². The summed E-state index contributed by atoms with van der Waals surface area (Å²) < 4.78 is 0. The highest BCUT2D eigenvalue weighted by molar-refractivity contribution is 5.30. The number of hydrogen-bond donors (Lipinski definition) is 1. The summed E-state index contributed by atoms with van der Waals surface area (Å²) >= 11 is 0. The minimum absolute atomic E-state index is 0.0879. The second kappa shape index (κ2) is 7.11. The van der Waals surface area contributed by atoms with E-state index in [0.717, 1.165) is 30.1 Å². The molecule has 0 aromatic carbocycles. The Labute approximate surface area is 199 Å². The fourth-order valence-corrected chi connectivity index (χ4v) is 11.3. The number of hydrogen-bond acceptors (Lipinski definition) is 1. The van der Waals surface area contributed by atoms with E-state index >= 15 is 0 Å². The average Bonchev–Trinajstić information content (AvgIpc) is 3.31. The standard InChI is InChI=1S/C31H52O/c1-20(2)21(3)9-10-22(4)23-13-15-29(8)25-12-11-24-27(5,6)26(32)14-16-30(24)19-31(25,30)18-17-28(23,29)7/h21-26,32H,1,9-19H2,2-8H3/t21-,22+,23-,24-,25-,26+,28-,29+,30+,31-/m1/s1. The van der Waals surface area contributed by atoms with Gasteiger partial charge in [-0.2, -0.15) is 0 Å². The van der Waals surface area contributed by atoms with Crippen molar-refractivity contribution in [3.8, 4) is 0 Å². The molecule has 0 radical (unpaired) electrons. The van der Waals surface area contributed by atoms with Crippen LogP contribution in [0.25, 0.3) is 0 Å². The Morgan fingerprint density at radius 2 is 1.50 bits per heavy atom. The Hall–Kier alpha value is -0.300. The molecule has 0 unspecified atom stereocenters. The monoisotopic (exact) mass is 440 g/mol. The molecular weight excluding hydrogens is 388 g/mol. The van der Waals surface area contributed by atoms with Crippen molar-refractivity contribution >= 4 is 0 Å². The summed E-state index contributed by atoms with van der Waals surface area (Å²) in [7, 11) is 0. The molecular formula is C31H52O. The second-order valence-corrected chi connectivity index (χ2v) is 14.8. The molecule has 32 heavy (non-hydrogen) atoms. The van der Waals surface area contributed by atoms with Crippen LogP contribution in [0.3, 0.4) is 0 Å². The topological polar surface area (TPSA) is 20.2 Å². The van der Waals surface area contributed by atoms with Crippen molar-refractivity contribution in [1.29, 1.82) is 0 Å². The highest BCUT2D eigenvalue weighted by Crippen LogP contribution is 2.89. The fraction of sp³-hybridized carbons (Fsp3) is 0.935. The zero-order valence-electron chi connectivity index (χ0n) is 22.4. The molecule has 0 aromatic heterocycles. The molecule has 1 heteroatoms. The van der Waals surface area contributed by atoms with Crippen molar-refractivity contribution in [3.05, 3.63) is 12.2 Å². The second-order valence-electron chi connectivity index (χ2n) is 14.8. The van der Waals surface area contributed by atoms with E-state index in [2.05, 4.69) is 55.0 Å². The van der Waals surface area contributed by atoms with E-state index in [1.165, 1.54) is 69.8 Å². The highest BCUT2D eigenvalue weighted by atomic mass is 16.3. The Morgan fingerprint density at radius 1 is 0.844 bits per heavy atom. The molecule has 0 amide bonds. The van der Waals surface area contributed by atoms with Gasteiger partial charge in [-0.25, -0.2) is 0 Å². The van der Waals surface area contributed by atoms with Gasteiger partial charge < -0.3 is 5.11 Å². The van der Waals surface area contributed by atoms with Gasteiger partial charge in [-0.15, -0.1) is 0 Å². The SMILES string of the molecule is C=C(C)[C@H](C)CC[C@H](C)[C@H]1CC[C@@]2(C)[C@H]3CC[C@@H]4C(C)(C)[C@@H](O)CC[C@]45C[C@]35CC[C@]12C. The predicted molar refractivity (Wildman–Crippen MR) is 135 cm³/mol. The summed E-state index contributed by atoms with van der Waals surface area (Å²) in [5.41, 5.74) is 3.71. The Kier molecular flexibility index (Phi) is 5.21. The van der Waals surface area contributed by atoms with Crippen LogP contribution in [-0.2, 0) is 0 Å². The number of aliphatic hydroxyl groups is 1. The third-order valence-electron chi connectivity index (χ3n) is 13.7. The maximum atomic E-state index is 10.9. The van der Waals surface area contributed by atoms with Gasteiger partial charge in [0.25, 0.3) is 0 Å². The number of aliphatic hydroxyl groups excluding tert-OH is 1. The van der Waals surface area contributed by atoms with Gasteiger partial charge in [0.15, 0.2) is 0 Å². The van der Waals surface area contributed by atoms with E-state index in [0.29, 0.717) is 27.6 Å². The summed E-state index contributed by atoms with van der Waals surface area (Å²) in [6.45, 7) is 21.6. The predicted octanol–water partition coefficient (Wildman–Crippen LogP) is 8.41. The molecule has 5 fully saturated rings. The van der Waals surface area contributed by atoms with Crippen LogP contribution in [0.1, 0.15) is 119 Å². The summed E-state index contributed by atoms with van der Waals surface area (Å²) in [6.07, 6.45) is 15.1. The van der Waals surface area contributed by atoms with E-state index in [1.807, 2.05) is 0 Å². The molecule has 1 nitrogen and oxygen atoms in total. The number of fused-ring (bicyclic) bond motifs is 2. The lowest BCUT2D eigenvalue weighted by Gasteiger charge is -2.63.